The highest BCUT2D eigenvalue weighted by Gasteiger charge is 2.30. The van der Waals surface area contributed by atoms with Crippen molar-refractivity contribution in [2.75, 3.05) is 40.0 Å². The molecule has 10 heteroatoms. The lowest BCUT2D eigenvalue weighted by Gasteiger charge is -2.26. The Balaban J connectivity index is 1.68. The second-order valence-electron chi connectivity index (χ2n) is 7.60. The van der Waals surface area contributed by atoms with E-state index >= 15 is 0 Å². The molecule has 1 aliphatic heterocycles. The minimum absolute atomic E-state index is 0.00221. The van der Waals surface area contributed by atoms with Gasteiger partial charge in [-0.05, 0) is 43.2 Å². The van der Waals surface area contributed by atoms with Crippen LogP contribution in [0.25, 0.3) is 0 Å². The zero-order valence-corrected chi connectivity index (χ0v) is 19.7. The standard InChI is InChI=1S/C23H28N2O7S/c1-16-6-4-5-7-19(16)17(2)24-22(26)15-32-23(27)18-8-9-20(30-3)21(14-18)33(28,29)25-10-12-31-13-11-25/h4-9,14,17H,10-13,15H2,1-3H3,(H,24,26). The summed E-state index contributed by atoms with van der Waals surface area (Å²) in [6.07, 6.45) is 0. The molecule has 1 heterocycles. The minimum Gasteiger partial charge on any atom is -0.495 e. The molecule has 1 saturated heterocycles. The molecule has 0 bridgehead atoms. The number of esters is 1. The highest BCUT2D eigenvalue weighted by molar-refractivity contribution is 7.89. The van der Waals surface area contributed by atoms with Crippen molar-refractivity contribution in [2.45, 2.75) is 24.8 Å². The number of ether oxygens (including phenoxy) is 3. The average molecular weight is 477 g/mol. The second kappa shape index (κ2) is 10.8. The van der Waals surface area contributed by atoms with Crippen LogP contribution in [-0.4, -0.2) is 64.6 Å². The van der Waals surface area contributed by atoms with Crippen LogP contribution in [0.2, 0.25) is 0 Å². The van der Waals surface area contributed by atoms with E-state index in [1.165, 1.54) is 29.6 Å². The number of nitrogens with zero attached hydrogens (tertiary/aromatic N) is 1. The van der Waals surface area contributed by atoms with Crippen molar-refractivity contribution in [3.05, 3.63) is 59.2 Å². The molecule has 1 unspecified atom stereocenters. The summed E-state index contributed by atoms with van der Waals surface area (Å²) in [6.45, 7) is 4.29. The lowest BCUT2D eigenvalue weighted by atomic mass is 10.0. The van der Waals surface area contributed by atoms with Crippen LogP contribution >= 0.6 is 0 Å². The number of rotatable bonds is 8. The number of methoxy groups -OCH3 is 1. The number of aryl methyl sites for hydroxylation is 1. The fourth-order valence-electron chi connectivity index (χ4n) is 3.58. The number of benzene rings is 2. The van der Waals surface area contributed by atoms with E-state index < -0.39 is 28.5 Å². The van der Waals surface area contributed by atoms with Crippen molar-refractivity contribution in [1.29, 1.82) is 0 Å². The molecule has 0 aromatic heterocycles. The molecule has 9 nitrogen and oxygen atoms in total. The summed E-state index contributed by atoms with van der Waals surface area (Å²) in [5.41, 5.74) is 2.00. The molecule has 178 valence electrons. The van der Waals surface area contributed by atoms with Gasteiger partial charge in [0.1, 0.15) is 10.6 Å². The van der Waals surface area contributed by atoms with Gasteiger partial charge >= 0.3 is 5.97 Å². The van der Waals surface area contributed by atoms with Crippen LogP contribution in [-0.2, 0) is 24.3 Å². The molecule has 0 spiro atoms. The molecular weight excluding hydrogens is 448 g/mol. The first kappa shape index (κ1) is 24.7. The zero-order chi connectivity index (χ0) is 24.0. The minimum atomic E-state index is -3.90. The summed E-state index contributed by atoms with van der Waals surface area (Å²) in [4.78, 5) is 24.7. The fourth-order valence-corrected chi connectivity index (χ4v) is 5.17. The van der Waals surface area contributed by atoms with Gasteiger partial charge in [-0.1, -0.05) is 24.3 Å². The van der Waals surface area contributed by atoms with Crippen molar-refractivity contribution in [2.24, 2.45) is 0 Å². The molecule has 0 aliphatic carbocycles. The van der Waals surface area contributed by atoms with Crippen LogP contribution in [0.3, 0.4) is 0 Å². The Kier molecular flexibility index (Phi) is 8.06. The third kappa shape index (κ3) is 5.89. The first-order valence-electron chi connectivity index (χ1n) is 10.5. The molecule has 0 radical (unpaired) electrons. The smallest absolute Gasteiger partial charge is 0.338 e. The van der Waals surface area contributed by atoms with Gasteiger partial charge in [0.25, 0.3) is 5.91 Å². The topological polar surface area (TPSA) is 111 Å². The van der Waals surface area contributed by atoms with Crippen LogP contribution in [0.1, 0.15) is 34.5 Å². The van der Waals surface area contributed by atoms with Gasteiger partial charge in [-0.15, -0.1) is 0 Å². The number of sulfonamides is 1. The molecule has 0 saturated carbocycles. The van der Waals surface area contributed by atoms with E-state index in [0.29, 0.717) is 13.2 Å². The Hall–Kier alpha value is -2.95. The predicted octanol–water partition coefficient (Wildman–Crippen LogP) is 2.06. The number of carbonyl (C=O) groups excluding carboxylic acids is 2. The third-order valence-corrected chi connectivity index (χ3v) is 7.27. The molecule has 1 aliphatic rings. The lowest BCUT2D eigenvalue weighted by molar-refractivity contribution is -0.124. The molecule has 2 aromatic carbocycles. The Morgan fingerprint density at radius 3 is 2.52 bits per heavy atom. The summed E-state index contributed by atoms with van der Waals surface area (Å²) < 4.78 is 42.9. The summed E-state index contributed by atoms with van der Waals surface area (Å²) in [5, 5.41) is 2.79. The number of nitrogens with one attached hydrogen (secondary N) is 1. The van der Waals surface area contributed by atoms with Crippen LogP contribution in [0.15, 0.2) is 47.4 Å². The zero-order valence-electron chi connectivity index (χ0n) is 18.9. The van der Waals surface area contributed by atoms with Crippen molar-refractivity contribution in [1.82, 2.24) is 9.62 Å². The van der Waals surface area contributed by atoms with Crippen LogP contribution in [0.4, 0.5) is 0 Å². The first-order chi connectivity index (χ1) is 15.7. The Bertz CT molecular complexity index is 1110. The van der Waals surface area contributed by atoms with Gasteiger partial charge in [-0.2, -0.15) is 4.31 Å². The quantitative estimate of drug-likeness (QED) is 0.581. The van der Waals surface area contributed by atoms with Crippen molar-refractivity contribution < 1.29 is 32.2 Å². The highest BCUT2D eigenvalue weighted by atomic mass is 32.2. The van der Waals surface area contributed by atoms with Crippen LogP contribution in [0.5, 0.6) is 5.75 Å². The average Bonchev–Trinajstić information content (AvgIpc) is 2.82. The van der Waals surface area contributed by atoms with E-state index in [9.17, 15) is 18.0 Å². The molecule has 1 amide bonds. The molecule has 1 atom stereocenters. The van der Waals surface area contributed by atoms with Crippen LogP contribution < -0.4 is 10.1 Å². The van der Waals surface area contributed by atoms with Crippen molar-refractivity contribution in [3.63, 3.8) is 0 Å². The summed E-state index contributed by atoms with van der Waals surface area (Å²) in [6, 6.07) is 11.4. The summed E-state index contributed by atoms with van der Waals surface area (Å²) >= 11 is 0. The van der Waals surface area contributed by atoms with E-state index in [4.69, 9.17) is 14.2 Å². The maximum atomic E-state index is 13.1. The number of carbonyl (C=O) groups is 2. The van der Waals surface area contributed by atoms with Gasteiger partial charge < -0.3 is 19.5 Å². The Morgan fingerprint density at radius 2 is 1.85 bits per heavy atom. The van der Waals surface area contributed by atoms with Gasteiger partial charge in [0.05, 0.1) is 31.9 Å². The molecule has 1 fully saturated rings. The molecule has 33 heavy (non-hydrogen) atoms. The molecule has 2 aromatic rings. The number of hydrogen-bond donors (Lipinski definition) is 1. The maximum absolute atomic E-state index is 13.1. The number of hydrogen-bond acceptors (Lipinski definition) is 7. The largest absolute Gasteiger partial charge is 0.495 e. The SMILES string of the molecule is COc1ccc(C(=O)OCC(=O)NC(C)c2ccccc2C)cc1S(=O)(=O)N1CCOCC1. The van der Waals surface area contributed by atoms with E-state index in [1.54, 1.807) is 0 Å². The second-order valence-corrected chi connectivity index (χ2v) is 9.51. The van der Waals surface area contributed by atoms with Crippen LogP contribution in [0, 0.1) is 6.92 Å². The van der Waals surface area contributed by atoms with Gasteiger partial charge in [-0.3, -0.25) is 4.79 Å². The van der Waals surface area contributed by atoms with Crippen molar-refractivity contribution in [3.8, 4) is 5.75 Å². The number of morpholine rings is 1. The predicted molar refractivity (Wildman–Crippen MR) is 121 cm³/mol. The monoisotopic (exact) mass is 476 g/mol. The third-order valence-electron chi connectivity index (χ3n) is 5.35. The number of amides is 1. The van der Waals surface area contributed by atoms with E-state index in [0.717, 1.165) is 11.1 Å². The van der Waals surface area contributed by atoms with E-state index in [-0.39, 0.29) is 35.3 Å². The van der Waals surface area contributed by atoms with E-state index in [2.05, 4.69) is 5.32 Å². The van der Waals surface area contributed by atoms with Gasteiger partial charge in [-0.25, -0.2) is 13.2 Å². The highest BCUT2D eigenvalue weighted by Crippen LogP contribution is 2.28. The lowest BCUT2D eigenvalue weighted by Crippen LogP contribution is -2.40. The van der Waals surface area contributed by atoms with Gasteiger partial charge in [0, 0.05) is 13.1 Å². The molecular formula is C23H28N2O7S. The van der Waals surface area contributed by atoms with Gasteiger partial charge in [0.15, 0.2) is 6.61 Å². The fraction of sp³-hybridized carbons (Fsp3) is 0.391. The van der Waals surface area contributed by atoms with E-state index in [1.807, 2.05) is 38.1 Å². The summed E-state index contributed by atoms with van der Waals surface area (Å²) in [7, 11) is -2.55. The molecule has 1 N–H and O–H groups in total. The Labute approximate surface area is 193 Å². The normalized spacial score (nSPS) is 15.5. The maximum Gasteiger partial charge on any atom is 0.338 e. The first-order valence-corrected chi connectivity index (χ1v) is 12.0. The molecule has 3 rings (SSSR count). The summed E-state index contributed by atoms with van der Waals surface area (Å²) in [5.74, 6) is -1.16. The van der Waals surface area contributed by atoms with Gasteiger partial charge in [0.2, 0.25) is 10.0 Å². The van der Waals surface area contributed by atoms with Crippen molar-refractivity contribution >= 4 is 21.9 Å². The Morgan fingerprint density at radius 1 is 1.15 bits per heavy atom.